The van der Waals surface area contributed by atoms with Crippen molar-refractivity contribution in [1.29, 1.82) is 0 Å². The van der Waals surface area contributed by atoms with Gasteiger partial charge in [0.15, 0.2) is 11.5 Å². The van der Waals surface area contributed by atoms with Gasteiger partial charge in [-0.25, -0.2) is 9.97 Å². The quantitative estimate of drug-likeness (QED) is 0.550. The normalized spacial score (nSPS) is 19.0. The number of hydrogen-bond donors (Lipinski definition) is 1. The number of likely N-dealkylation sites (tertiary alicyclic amines) is 1. The van der Waals surface area contributed by atoms with Crippen molar-refractivity contribution in [2.75, 3.05) is 11.9 Å². The first-order valence-corrected chi connectivity index (χ1v) is 10.4. The highest BCUT2D eigenvalue weighted by molar-refractivity contribution is 5.98. The summed E-state index contributed by atoms with van der Waals surface area (Å²) in [5, 5.41) is 11.9. The molecule has 2 atom stereocenters. The monoisotopic (exact) mass is 416 g/mol. The highest BCUT2D eigenvalue weighted by Gasteiger charge is 2.31. The minimum Gasteiger partial charge on any atom is -0.362 e. The lowest BCUT2D eigenvalue weighted by Gasteiger charge is -2.38. The van der Waals surface area contributed by atoms with Gasteiger partial charge >= 0.3 is 0 Å². The van der Waals surface area contributed by atoms with Crippen molar-refractivity contribution in [3.8, 4) is 5.69 Å². The third-order valence-corrected chi connectivity index (χ3v) is 5.75. The van der Waals surface area contributed by atoms with Crippen LogP contribution in [0.4, 0.5) is 5.82 Å². The number of rotatable bonds is 4. The van der Waals surface area contributed by atoms with Crippen molar-refractivity contribution in [1.82, 2.24) is 34.3 Å². The van der Waals surface area contributed by atoms with Crippen LogP contribution in [0.25, 0.3) is 11.3 Å². The van der Waals surface area contributed by atoms with Gasteiger partial charge in [-0.1, -0.05) is 12.1 Å². The van der Waals surface area contributed by atoms with Crippen LogP contribution in [0.2, 0.25) is 0 Å². The topological polar surface area (TPSA) is 93.2 Å². The molecule has 1 aromatic carbocycles. The Morgan fingerprint density at radius 3 is 2.77 bits per heavy atom. The Bertz CT molecular complexity index is 1220. The van der Waals surface area contributed by atoms with Crippen molar-refractivity contribution in [3.63, 3.8) is 0 Å². The largest absolute Gasteiger partial charge is 0.362 e. The minimum atomic E-state index is -0.0188. The SMILES string of the molecule is Cc1cn2ccnc(N[C@@H]3CC[C@@H](C)N(C(=O)c4ccccc4-n4nccn4)C3)c2n1. The number of fused-ring (bicyclic) bond motifs is 1. The number of anilines is 1. The number of para-hydroxylation sites is 1. The molecule has 1 saturated heterocycles. The summed E-state index contributed by atoms with van der Waals surface area (Å²) in [6.07, 6.45) is 10.7. The fourth-order valence-corrected chi connectivity index (χ4v) is 4.17. The highest BCUT2D eigenvalue weighted by atomic mass is 16.2. The van der Waals surface area contributed by atoms with E-state index in [9.17, 15) is 4.79 Å². The fraction of sp³-hybridized carbons (Fsp3) is 0.318. The fourth-order valence-electron chi connectivity index (χ4n) is 4.17. The molecule has 0 unspecified atom stereocenters. The van der Waals surface area contributed by atoms with Gasteiger partial charge in [0, 0.05) is 37.2 Å². The van der Waals surface area contributed by atoms with Gasteiger partial charge in [0.2, 0.25) is 0 Å². The molecule has 1 N–H and O–H groups in total. The second kappa shape index (κ2) is 7.82. The number of benzene rings is 1. The highest BCUT2D eigenvalue weighted by Crippen LogP contribution is 2.25. The minimum absolute atomic E-state index is 0.0188. The number of imidazole rings is 1. The second-order valence-electron chi connectivity index (χ2n) is 7.95. The van der Waals surface area contributed by atoms with Crippen LogP contribution in [0.5, 0.6) is 0 Å². The molecule has 3 aromatic heterocycles. The van der Waals surface area contributed by atoms with Crippen LogP contribution in [-0.4, -0.2) is 58.8 Å². The van der Waals surface area contributed by atoms with Crippen LogP contribution in [-0.2, 0) is 0 Å². The summed E-state index contributed by atoms with van der Waals surface area (Å²) in [4.78, 5) is 26.0. The van der Waals surface area contributed by atoms with Crippen molar-refractivity contribution in [2.24, 2.45) is 0 Å². The van der Waals surface area contributed by atoms with Gasteiger partial charge in [0.25, 0.3) is 5.91 Å². The third kappa shape index (κ3) is 3.63. The van der Waals surface area contributed by atoms with Gasteiger partial charge in [0.1, 0.15) is 0 Å². The van der Waals surface area contributed by atoms with Gasteiger partial charge in [-0.3, -0.25) is 4.79 Å². The number of amides is 1. The molecule has 0 saturated carbocycles. The average molecular weight is 416 g/mol. The molecule has 1 amide bonds. The van der Waals surface area contributed by atoms with E-state index in [1.165, 1.54) is 4.80 Å². The molecule has 4 heterocycles. The molecular weight excluding hydrogens is 392 g/mol. The molecule has 4 aromatic rings. The molecule has 1 aliphatic heterocycles. The summed E-state index contributed by atoms with van der Waals surface area (Å²) in [5.74, 6) is 0.721. The van der Waals surface area contributed by atoms with Crippen molar-refractivity contribution in [3.05, 3.63) is 66.5 Å². The number of aryl methyl sites for hydroxylation is 1. The lowest BCUT2D eigenvalue weighted by atomic mass is 9.98. The Hall–Kier alpha value is -3.75. The summed E-state index contributed by atoms with van der Waals surface area (Å²) >= 11 is 0. The maximum Gasteiger partial charge on any atom is 0.256 e. The maximum absolute atomic E-state index is 13.5. The van der Waals surface area contributed by atoms with Crippen LogP contribution in [0.1, 0.15) is 35.8 Å². The molecule has 9 heteroatoms. The van der Waals surface area contributed by atoms with E-state index < -0.39 is 0 Å². The van der Waals surface area contributed by atoms with Crippen LogP contribution < -0.4 is 5.32 Å². The van der Waals surface area contributed by atoms with E-state index in [1.54, 1.807) is 18.6 Å². The van der Waals surface area contributed by atoms with Crippen LogP contribution in [0.3, 0.4) is 0 Å². The summed E-state index contributed by atoms with van der Waals surface area (Å²) in [5.41, 5.74) is 3.01. The van der Waals surface area contributed by atoms with Crippen LogP contribution in [0, 0.1) is 6.92 Å². The molecule has 5 rings (SSSR count). The van der Waals surface area contributed by atoms with E-state index in [2.05, 4.69) is 32.4 Å². The summed E-state index contributed by atoms with van der Waals surface area (Å²) < 4.78 is 1.96. The first-order valence-electron chi connectivity index (χ1n) is 10.4. The molecule has 9 nitrogen and oxygen atoms in total. The van der Waals surface area contributed by atoms with Gasteiger partial charge in [0.05, 0.1) is 29.3 Å². The van der Waals surface area contributed by atoms with E-state index in [-0.39, 0.29) is 18.0 Å². The standard InChI is InChI=1S/C22H24N8O/c1-15-13-28-12-11-23-20(21(28)26-15)27-17-8-7-16(2)29(14-17)22(31)18-5-3-4-6-19(18)30-24-9-10-25-30/h3-6,9-13,16-17H,7-8,14H2,1-2H3,(H,23,27)/t16-,17-/m1/s1. The van der Waals surface area contributed by atoms with Gasteiger partial charge in [-0.05, 0) is 38.8 Å². The molecule has 0 spiro atoms. The number of carbonyl (C=O) groups excluding carboxylic acids is 1. The van der Waals surface area contributed by atoms with Crippen molar-refractivity contribution in [2.45, 2.75) is 38.8 Å². The van der Waals surface area contributed by atoms with Crippen molar-refractivity contribution >= 4 is 17.4 Å². The van der Waals surface area contributed by atoms with Gasteiger partial charge < -0.3 is 14.6 Å². The zero-order valence-electron chi connectivity index (χ0n) is 17.5. The number of hydrogen-bond acceptors (Lipinski definition) is 6. The smallest absolute Gasteiger partial charge is 0.256 e. The first kappa shape index (κ1) is 19.2. The molecule has 1 aliphatic rings. The predicted molar refractivity (Wildman–Crippen MR) is 116 cm³/mol. The number of carbonyl (C=O) groups is 1. The lowest BCUT2D eigenvalue weighted by Crippen LogP contribution is -2.50. The number of aromatic nitrogens is 6. The number of nitrogens with zero attached hydrogens (tertiary/aromatic N) is 7. The molecule has 0 bridgehead atoms. The Balaban J connectivity index is 1.40. The third-order valence-electron chi connectivity index (χ3n) is 5.75. The summed E-state index contributed by atoms with van der Waals surface area (Å²) in [6.45, 7) is 4.65. The van der Waals surface area contributed by atoms with Crippen molar-refractivity contribution < 1.29 is 4.79 Å². The Labute approximate surface area is 179 Å². The zero-order chi connectivity index (χ0) is 21.4. The van der Waals surface area contributed by atoms with E-state index in [0.29, 0.717) is 17.8 Å². The second-order valence-corrected chi connectivity index (χ2v) is 7.95. The van der Waals surface area contributed by atoms with E-state index in [4.69, 9.17) is 0 Å². The lowest BCUT2D eigenvalue weighted by molar-refractivity contribution is 0.0621. The van der Waals surface area contributed by atoms with E-state index in [1.807, 2.05) is 52.9 Å². The Morgan fingerprint density at radius 2 is 1.94 bits per heavy atom. The van der Waals surface area contributed by atoms with Gasteiger partial charge in [-0.15, -0.1) is 0 Å². The Morgan fingerprint density at radius 1 is 1.13 bits per heavy atom. The predicted octanol–water partition coefficient (Wildman–Crippen LogP) is 2.72. The van der Waals surface area contributed by atoms with E-state index in [0.717, 1.165) is 30.0 Å². The van der Waals surface area contributed by atoms with Crippen LogP contribution >= 0.6 is 0 Å². The molecule has 31 heavy (non-hydrogen) atoms. The molecule has 0 aliphatic carbocycles. The summed E-state index contributed by atoms with van der Waals surface area (Å²) in [7, 11) is 0. The Kier molecular flexibility index (Phi) is 4.85. The number of piperidine rings is 1. The molecule has 1 fully saturated rings. The molecule has 0 radical (unpaired) electrons. The van der Waals surface area contributed by atoms with Gasteiger partial charge in [-0.2, -0.15) is 15.0 Å². The maximum atomic E-state index is 13.5. The zero-order valence-corrected chi connectivity index (χ0v) is 17.5. The van der Waals surface area contributed by atoms with E-state index >= 15 is 0 Å². The molecule has 158 valence electrons. The average Bonchev–Trinajstić information content (AvgIpc) is 3.44. The number of nitrogens with one attached hydrogen (secondary N) is 1. The first-order chi connectivity index (χ1) is 15.1. The van der Waals surface area contributed by atoms with Crippen LogP contribution in [0.15, 0.2) is 55.2 Å². The summed E-state index contributed by atoms with van der Waals surface area (Å²) in [6, 6.07) is 7.68. The molecular formula is C22H24N8O.